The minimum absolute atomic E-state index is 0.336. The van der Waals surface area contributed by atoms with Gasteiger partial charge in [0.2, 0.25) is 0 Å². The Morgan fingerprint density at radius 2 is 1.94 bits per heavy atom. The van der Waals surface area contributed by atoms with Gasteiger partial charge in [-0.1, -0.05) is 24.6 Å². The lowest BCUT2D eigenvalue weighted by atomic mass is 10.0. The van der Waals surface area contributed by atoms with Crippen molar-refractivity contribution in [3.8, 4) is 0 Å². The molecule has 2 unspecified atom stereocenters. The number of hydrogen-bond donors (Lipinski definition) is 1. The van der Waals surface area contributed by atoms with E-state index in [4.69, 9.17) is 0 Å². The summed E-state index contributed by atoms with van der Waals surface area (Å²) in [5.74, 6) is 2.12. The molecule has 2 aliphatic rings. The molecule has 2 nitrogen and oxygen atoms in total. The maximum atomic E-state index is 12.5. The highest BCUT2D eigenvalue weighted by Crippen LogP contribution is 2.58. The van der Waals surface area contributed by atoms with Crippen LogP contribution in [0.2, 0.25) is 0 Å². The monoisotopic (exact) mass is 225 g/mol. The lowest BCUT2D eigenvalue weighted by Gasteiger charge is -2.01. The quantitative estimate of drug-likeness (QED) is 0.781. The van der Waals surface area contributed by atoms with E-state index < -0.39 is 0 Å². The number of hydrogen-bond acceptors (Lipinski definition) is 1. The van der Waals surface area contributed by atoms with E-state index in [-0.39, 0.29) is 0 Å². The average molecular weight is 225 g/mol. The Bertz CT molecular complexity index is 588. The van der Waals surface area contributed by atoms with Crippen LogP contribution in [-0.2, 0) is 0 Å². The predicted molar refractivity (Wildman–Crippen MR) is 67.0 cm³/mol. The zero-order valence-electron chi connectivity index (χ0n) is 9.65. The molecular formula is C15H15NO. The molecule has 2 aliphatic carbocycles. The smallest absolute Gasteiger partial charge is 0.168 e. The average Bonchev–Trinajstić information content (AvgIpc) is 2.77. The van der Waals surface area contributed by atoms with Crippen LogP contribution in [0.15, 0.2) is 30.5 Å². The fourth-order valence-corrected chi connectivity index (χ4v) is 3.67. The van der Waals surface area contributed by atoms with Crippen molar-refractivity contribution in [2.45, 2.75) is 19.3 Å². The first-order valence-corrected chi connectivity index (χ1v) is 6.46. The SMILES string of the molecule is O=C(c1c[nH]c2ccccc12)C1C2CCCC21. The van der Waals surface area contributed by atoms with Gasteiger partial charge in [-0.2, -0.15) is 0 Å². The molecule has 2 fully saturated rings. The topological polar surface area (TPSA) is 32.9 Å². The van der Waals surface area contributed by atoms with Crippen molar-refractivity contribution in [3.05, 3.63) is 36.0 Å². The van der Waals surface area contributed by atoms with Gasteiger partial charge in [0, 0.05) is 28.6 Å². The van der Waals surface area contributed by atoms with Crippen LogP contribution in [-0.4, -0.2) is 10.8 Å². The number of H-pyrrole nitrogens is 1. The lowest BCUT2D eigenvalue weighted by molar-refractivity contribution is 0.0953. The van der Waals surface area contributed by atoms with Gasteiger partial charge < -0.3 is 4.98 Å². The zero-order valence-corrected chi connectivity index (χ0v) is 9.65. The minimum Gasteiger partial charge on any atom is -0.360 e. The van der Waals surface area contributed by atoms with Crippen LogP contribution >= 0.6 is 0 Å². The molecule has 2 aromatic rings. The highest BCUT2D eigenvalue weighted by atomic mass is 16.1. The highest BCUT2D eigenvalue weighted by Gasteiger charge is 2.56. The first-order chi connectivity index (χ1) is 8.36. The number of fused-ring (bicyclic) bond motifs is 2. The third-order valence-corrected chi connectivity index (χ3v) is 4.56. The molecule has 0 spiro atoms. The van der Waals surface area contributed by atoms with Gasteiger partial charge >= 0.3 is 0 Å². The van der Waals surface area contributed by atoms with Crippen molar-refractivity contribution in [1.29, 1.82) is 0 Å². The first kappa shape index (κ1) is 9.46. The Hall–Kier alpha value is -1.57. The number of carbonyl (C=O) groups is 1. The molecule has 17 heavy (non-hydrogen) atoms. The number of para-hydroxylation sites is 1. The van der Waals surface area contributed by atoms with Crippen LogP contribution in [0.5, 0.6) is 0 Å². The first-order valence-electron chi connectivity index (χ1n) is 6.46. The van der Waals surface area contributed by atoms with Crippen LogP contribution in [0, 0.1) is 17.8 Å². The van der Waals surface area contributed by atoms with Gasteiger partial charge in [0.25, 0.3) is 0 Å². The number of rotatable bonds is 2. The van der Waals surface area contributed by atoms with Gasteiger partial charge in [-0.05, 0) is 30.7 Å². The summed E-state index contributed by atoms with van der Waals surface area (Å²) in [5.41, 5.74) is 1.97. The summed E-state index contributed by atoms with van der Waals surface area (Å²) in [4.78, 5) is 15.7. The number of ketones is 1. The maximum Gasteiger partial charge on any atom is 0.168 e. The van der Waals surface area contributed by atoms with E-state index in [0.717, 1.165) is 16.5 Å². The second kappa shape index (κ2) is 3.22. The molecule has 4 rings (SSSR count). The molecule has 0 bridgehead atoms. The minimum atomic E-state index is 0.336. The summed E-state index contributed by atoms with van der Waals surface area (Å²) < 4.78 is 0. The van der Waals surface area contributed by atoms with Gasteiger partial charge in [0.1, 0.15) is 0 Å². The summed E-state index contributed by atoms with van der Waals surface area (Å²) >= 11 is 0. The van der Waals surface area contributed by atoms with Gasteiger partial charge in [0.15, 0.2) is 5.78 Å². The number of aromatic amines is 1. The fourth-order valence-electron chi connectivity index (χ4n) is 3.67. The third kappa shape index (κ3) is 1.24. The molecular weight excluding hydrogens is 210 g/mol. The van der Waals surface area contributed by atoms with Gasteiger partial charge in [-0.3, -0.25) is 4.79 Å². The van der Waals surface area contributed by atoms with Crippen LogP contribution < -0.4 is 0 Å². The van der Waals surface area contributed by atoms with Crippen LogP contribution in [0.4, 0.5) is 0 Å². The van der Waals surface area contributed by atoms with E-state index in [1.807, 2.05) is 30.5 Å². The molecule has 2 heteroatoms. The van der Waals surface area contributed by atoms with Crippen LogP contribution in [0.3, 0.4) is 0 Å². The molecule has 86 valence electrons. The molecule has 0 radical (unpaired) electrons. The van der Waals surface area contributed by atoms with E-state index in [1.165, 1.54) is 19.3 Å². The molecule has 2 atom stereocenters. The largest absolute Gasteiger partial charge is 0.360 e. The van der Waals surface area contributed by atoms with Crippen molar-refractivity contribution >= 4 is 16.7 Å². The van der Waals surface area contributed by atoms with E-state index in [2.05, 4.69) is 4.98 Å². The van der Waals surface area contributed by atoms with Crippen molar-refractivity contribution in [2.24, 2.45) is 17.8 Å². The fraction of sp³-hybridized carbons (Fsp3) is 0.400. The maximum absolute atomic E-state index is 12.5. The second-order valence-electron chi connectivity index (χ2n) is 5.40. The highest BCUT2D eigenvalue weighted by molar-refractivity contribution is 6.10. The van der Waals surface area contributed by atoms with E-state index in [0.29, 0.717) is 23.5 Å². The summed E-state index contributed by atoms with van der Waals surface area (Å²) in [7, 11) is 0. The van der Waals surface area contributed by atoms with E-state index in [9.17, 15) is 4.79 Å². The van der Waals surface area contributed by atoms with Crippen molar-refractivity contribution in [2.75, 3.05) is 0 Å². The Labute approximate surface area is 100 Å². The van der Waals surface area contributed by atoms with Crippen LogP contribution in [0.1, 0.15) is 29.6 Å². The van der Waals surface area contributed by atoms with E-state index >= 15 is 0 Å². The normalized spacial score (nSPS) is 30.5. The molecule has 0 aliphatic heterocycles. The Balaban J connectivity index is 1.73. The van der Waals surface area contributed by atoms with Gasteiger partial charge in [-0.25, -0.2) is 0 Å². The Kier molecular flexibility index (Phi) is 1.79. The van der Waals surface area contributed by atoms with Crippen LogP contribution in [0.25, 0.3) is 10.9 Å². The van der Waals surface area contributed by atoms with Gasteiger partial charge in [0.05, 0.1) is 0 Å². The second-order valence-corrected chi connectivity index (χ2v) is 5.40. The third-order valence-electron chi connectivity index (χ3n) is 4.56. The summed E-state index contributed by atoms with van der Waals surface area (Å²) in [6, 6.07) is 8.07. The molecule has 1 N–H and O–H groups in total. The molecule has 0 saturated heterocycles. The molecule has 2 saturated carbocycles. The predicted octanol–water partition coefficient (Wildman–Crippen LogP) is 3.40. The zero-order chi connectivity index (χ0) is 11.4. The summed E-state index contributed by atoms with van der Waals surface area (Å²) in [5, 5.41) is 1.09. The number of Topliss-reactive ketones (excluding diaryl/α,β-unsaturated/α-hetero) is 1. The standard InChI is InChI=1S/C15H15NO/c17-15(14-10-5-3-6-11(10)14)12-8-16-13-7-2-1-4-9(12)13/h1-2,4,7-8,10-11,14,16H,3,5-6H2. The summed E-state index contributed by atoms with van der Waals surface area (Å²) in [6.45, 7) is 0. The molecule has 0 amide bonds. The number of aromatic nitrogens is 1. The van der Waals surface area contributed by atoms with E-state index in [1.54, 1.807) is 0 Å². The van der Waals surface area contributed by atoms with Crippen molar-refractivity contribution < 1.29 is 4.79 Å². The number of nitrogens with one attached hydrogen (secondary N) is 1. The number of benzene rings is 1. The molecule has 1 aromatic carbocycles. The number of carbonyl (C=O) groups excluding carboxylic acids is 1. The summed E-state index contributed by atoms with van der Waals surface area (Å²) in [6.07, 6.45) is 5.75. The Morgan fingerprint density at radius 3 is 2.76 bits per heavy atom. The van der Waals surface area contributed by atoms with Crippen molar-refractivity contribution in [3.63, 3.8) is 0 Å². The van der Waals surface area contributed by atoms with Gasteiger partial charge in [-0.15, -0.1) is 0 Å². The Morgan fingerprint density at radius 1 is 1.18 bits per heavy atom. The molecule has 1 heterocycles. The molecule has 1 aromatic heterocycles. The lowest BCUT2D eigenvalue weighted by Crippen LogP contribution is -2.05. The van der Waals surface area contributed by atoms with Crippen molar-refractivity contribution in [1.82, 2.24) is 4.98 Å².